The van der Waals surface area contributed by atoms with E-state index in [1.807, 2.05) is 13.8 Å². The quantitative estimate of drug-likeness (QED) is 0.844. The molecule has 0 bridgehead atoms. The minimum Gasteiger partial charge on any atom is -0.422 e. The number of aryl methyl sites for hydroxylation is 2. The van der Waals surface area contributed by atoms with Gasteiger partial charge in [0.1, 0.15) is 11.9 Å². The minimum atomic E-state index is -0.0333. The van der Waals surface area contributed by atoms with E-state index in [1.54, 1.807) is 0 Å². The average Bonchev–Trinajstić information content (AvgIpc) is 3.06. The Balaban J connectivity index is 1.24. The van der Waals surface area contributed by atoms with Crippen LogP contribution in [0.1, 0.15) is 66.5 Å². The van der Waals surface area contributed by atoms with Crippen LogP contribution in [0.2, 0.25) is 0 Å². The molecular weight excluding hydrogens is 320 g/mol. The summed E-state index contributed by atoms with van der Waals surface area (Å²) in [5, 5.41) is 12.5. The first-order chi connectivity index (χ1) is 12.2. The number of fused-ring (bicyclic) bond motifs is 1. The Morgan fingerprint density at radius 3 is 2.72 bits per heavy atom. The standard InChI is InChI=1S/C18H24N4O3/c1-10-14(11(2)25-21-10)8-22-6-5-13-7-15(23-16(13)9-22)18-20-19-17(24-18)12-3-4-12/h12-13,15-16H,3-9H2,1-2H3/t13-,15-,16+/m1/s1. The zero-order chi connectivity index (χ0) is 17.0. The summed E-state index contributed by atoms with van der Waals surface area (Å²) < 4.78 is 17.4. The zero-order valence-electron chi connectivity index (χ0n) is 14.8. The second kappa shape index (κ2) is 5.92. The smallest absolute Gasteiger partial charge is 0.245 e. The SMILES string of the molecule is Cc1noc(C)c1CN1CC[C@@H]2C[C@H](c3nnc(C4CC4)o3)O[C@H]2C1. The van der Waals surface area contributed by atoms with Gasteiger partial charge in [0, 0.05) is 24.6 Å². The summed E-state index contributed by atoms with van der Waals surface area (Å²) in [4.78, 5) is 2.44. The molecule has 3 atom stereocenters. The van der Waals surface area contributed by atoms with Crippen molar-refractivity contribution in [1.82, 2.24) is 20.3 Å². The second-order valence-corrected chi connectivity index (χ2v) is 7.74. The molecule has 2 aliphatic heterocycles. The van der Waals surface area contributed by atoms with Gasteiger partial charge in [-0.25, -0.2) is 0 Å². The fraction of sp³-hybridized carbons (Fsp3) is 0.722. The normalized spacial score (nSPS) is 29.9. The summed E-state index contributed by atoms with van der Waals surface area (Å²) in [6.07, 6.45) is 4.71. The second-order valence-electron chi connectivity index (χ2n) is 7.74. The highest BCUT2D eigenvalue weighted by molar-refractivity contribution is 5.20. The molecule has 2 aromatic rings. The van der Waals surface area contributed by atoms with E-state index in [0.29, 0.717) is 17.7 Å². The number of hydrogen-bond acceptors (Lipinski definition) is 7. The van der Waals surface area contributed by atoms with Gasteiger partial charge in [0.05, 0.1) is 11.8 Å². The number of likely N-dealkylation sites (tertiary alicyclic amines) is 1. The predicted molar refractivity (Wildman–Crippen MR) is 87.9 cm³/mol. The third-order valence-corrected chi connectivity index (χ3v) is 5.86. The summed E-state index contributed by atoms with van der Waals surface area (Å²) in [6.45, 7) is 6.89. The predicted octanol–water partition coefficient (Wildman–Crippen LogP) is 2.90. The van der Waals surface area contributed by atoms with E-state index in [1.165, 1.54) is 18.4 Å². The maximum absolute atomic E-state index is 6.30. The lowest BCUT2D eigenvalue weighted by Gasteiger charge is -2.33. The van der Waals surface area contributed by atoms with Crippen LogP contribution >= 0.6 is 0 Å². The van der Waals surface area contributed by atoms with Crippen molar-refractivity contribution >= 4 is 0 Å². The maximum atomic E-state index is 6.30. The molecule has 2 aromatic heterocycles. The molecule has 4 heterocycles. The van der Waals surface area contributed by atoms with Crippen LogP contribution in [0.4, 0.5) is 0 Å². The van der Waals surface area contributed by atoms with Gasteiger partial charge in [0.15, 0.2) is 0 Å². The molecule has 3 fully saturated rings. The molecule has 3 aliphatic rings. The van der Waals surface area contributed by atoms with Crippen LogP contribution in [0.25, 0.3) is 0 Å². The first-order valence-corrected chi connectivity index (χ1v) is 9.30. The van der Waals surface area contributed by atoms with Gasteiger partial charge in [-0.3, -0.25) is 4.90 Å². The van der Waals surface area contributed by atoms with Crippen molar-refractivity contribution in [3.05, 3.63) is 28.8 Å². The summed E-state index contributed by atoms with van der Waals surface area (Å²) in [5.41, 5.74) is 2.20. The van der Waals surface area contributed by atoms with Crippen LogP contribution in [0.15, 0.2) is 8.94 Å². The fourth-order valence-electron chi connectivity index (χ4n) is 4.12. The molecule has 7 nitrogen and oxygen atoms in total. The van der Waals surface area contributed by atoms with Crippen molar-refractivity contribution in [3.8, 4) is 0 Å². The minimum absolute atomic E-state index is 0.0333. The van der Waals surface area contributed by atoms with Crippen molar-refractivity contribution in [2.75, 3.05) is 13.1 Å². The van der Waals surface area contributed by atoms with Gasteiger partial charge in [-0.05, 0) is 52.0 Å². The van der Waals surface area contributed by atoms with Crippen molar-refractivity contribution in [1.29, 1.82) is 0 Å². The molecule has 0 unspecified atom stereocenters. The first kappa shape index (κ1) is 15.5. The van der Waals surface area contributed by atoms with Crippen molar-refractivity contribution in [3.63, 3.8) is 0 Å². The third-order valence-electron chi connectivity index (χ3n) is 5.86. The summed E-state index contributed by atoms with van der Waals surface area (Å²) in [5.74, 6) is 3.48. The summed E-state index contributed by atoms with van der Waals surface area (Å²) in [6, 6.07) is 0. The molecule has 0 N–H and O–H groups in total. The zero-order valence-corrected chi connectivity index (χ0v) is 14.8. The third kappa shape index (κ3) is 2.89. The number of nitrogens with zero attached hydrogens (tertiary/aromatic N) is 4. The van der Waals surface area contributed by atoms with E-state index >= 15 is 0 Å². The molecular formula is C18H24N4O3. The van der Waals surface area contributed by atoms with Crippen LogP contribution in [0.3, 0.4) is 0 Å². The Hall–Kier alpha value is -1.73. The number of aromatic nitrogens is 3. The van der Waals surface area contributed by atoms with Gasteiger partial charge >= 0.3 is 0 Å². The molecule has 5 rings (SSSR count). The van der Waals surface area contributed by atoms with Gasteiger partial charge < -0.3 is 13.7 Å². The molecule has 0 spiro atoms. The highest BCUT2D eigenvalue weighted by Crippen LogP contribution is 2.43. The molecule has 2 saturated heterocycles. The van der Waals surface area contributed by atoms with Crippen molar-refractivity contribution < 1.29 is 13.7 Å². The Morgan fingerprint density at radius 1 is 1.12 bits per heavy atom. The molecule has 0 aromatic carbocycles. The number of piperidine rings is 1. The lowest BCUT2D eigenvalue weighted by molar-refractivity contribution is -0.0178. The number of hydrogen-bond donors (Lipinski definition) is 0. The van der Waals surface area contributed by atoms with Gasteiger partial charge in [0.25, 0.3) is 0 Å². The lowest BCUT2D eigenvalue weighted by atomic mass is 9.91. The Labute approximate surface area is 146 Å². The number of ether oxygens (including phenoxy) is 1. The average molecular weight is 344 g/mol. The maximum Gasteiger partial charge on any atom is 0.245 e. The van der Waals surface area contributed by atoms with E-state index in [2.05, 4.69) is 20.3 Å². The molecule has 7 heteroatoms. The van der Waals surface area contributed by atoms with Gasteiger partial charge in [0.2, 0.25) is 11.8 Å². The van der Waals surface area contributed by atoms with Crippen LogP contribution < -0.4 is 0 Å². The fourth-order valence-corrected chi connectivity index (χ4v) is 4.12. The number of rotatable bonds is 4. The van der Waals surface area contributed by atoms with Crippen LogP contribution in [0.5, 0.6) is 0 Å². The highest BCUT2D eigenvalue weighted by atomic mass is 16.5. The largest absolute Gasteiger partial charge is 0.422 e. The van der Waals surface area contributed by atoms with E-state index in [0.717, 1.165) is 49.8 Å². The lowest BCUT2D eigenvalue weighted by Crippen LogP contribution is -2.41. The van der Waals surface area contributed by atoms with Gasteiger partial charge in [-0.15, -0.1) is 10.2 Å². The Kier molecular flexibility index (Phi) is 3.67. The first-order valence-electron chi connectivity index (χ1n) is 9.30. The van der Waals surface area contributed by atoms with Crippen molar-refractivity contribution in [2.24, 2.45) is 5.92 Å². The van der Waals surface area contributed by atoms with Crippen LogP contribution in [-0.2, 0) is 11.3 Å². The van der Waals surface area contributed by atoms with Crippen molar-refractivity contribution in [2.45, 2.75) is 64.2 Å². The molecule has 134 valence electrons. The molecule has 1 aliphatic carbocycles. The summed E-state index contributed by atoms with van der Waals surface area (Å²) >= 11 is 0. The highest BCUT2D eigenvalue weighted by Gasteiger charge is 2.42. The van der Waals surface area contributed by atoms with E-state index in [9.17, 15) is 0 Å². The Morgan fingerprint density at radius 2 is 1.96 bits per heavy atom. The molecule has 1 saturated carbocycles. The molecule has 25 heavy (non-hydrogen) atoms. The molecule has 0 radical (unpaired) electrons. The molecule has 0 amide bonds. The van der Waals surface area contributed by atoms with Crippen LogP contribution in [-0.4, -0.2) is 39.4 Å². The Bertz CT molecular complexity index is 747. The monoisotopic (exact) mass is 344 g/mol. The van der Waals surface area contributed by atoms with Gasteiger partial charge in [-0.1, -0.05) is 5.16 Å². The summed E-state index contributed by atoms with van der Waals surface area (Å²) in [7, 11) is 0. The van der Waals surface area contributed by atoms with E-state index in [4.69, 9.17) is 13.7 Å². The van der Waals surface area contributed by atoms with E-state index in [-0.39, 0.29) is 12.2 Å². The van der Waals surface area contributed by atoms with Crippen LogP contribution in [0, 0.1) is 19.8 Å². The van der Waals surface area contributed by atoms with E-state index < -0.39 is 0 Å². The topological polar surface area (TPSA) is 77.4 Å². The van der Waals surface area contributed by atoms with Gasteiger partial charge in [-0.2, -0.15) is 0 Å².